The van der Waals surface area contributed by atoms with Gasteiger partial charge in [-0.3, -0.25) is 4.40 Å². The largest absolute Gasteiger partial charge is 0.477 e. The molecule has 4 heterocycles. The first kappa shape index (κ1) is 14.4. The lowest BCUT2D eigenvalue weighted by Crippen LogP contribution is -2.30. The van der Waals surface area contributed by atoms with Crippen LogP contribution in [0.1, 0.15) is 37.2 Å². The maximum atomic E-state index is 11.3. The van der Waals surface area contributed by atoms with Crippen molar-refractivity contribution in [3.8, 4) is 0 Å². The molecule has 23 heavy (non-hydrogen) atoms. The van der Waals surface area contributed by atoms with Gasteiger partial charge < -0.3 is 14.7 Å². The molecule has 0 amide bonds. The van der Waals surface area contributed by atoms with E-state index in [-0.39, 0.29) is 16.7 Å². The average molecular weight is 316 g/mol. The number of rotatable bonds is 2. The molecule has 1 unspecified atom stereocenters. The minimum Gasteiger partial charge on any atom is -0.477 e. The van der Waals surface area contributed by atoms with Gasteiger partial charge in [0.25, 0.3) is 0 Å². The lowest BCUT2D eigenvalue weighted by atomic mass is 9.81. The van der Waals surface area contributed by atoms with Crippen molar-refractivity contribution in [2.45, 2.75) is 32.3 Å². The molecule has 2 aliphatic rings. The van der Waals surface area contributed by atoms with Crippen molar-refractivity contribution in [1.82, 2.24) is 14.4 Å². The SMILES string of the molecule is CC1(C)CC2(CCN(c3nc(C(=O)O)cc4nccn34)C2)CO1. The van der Waals surface area contributed by atoms with Crippen molar-refractivity contribution >= 4 is 17.6 Å². The van der Waals surface area contributed by atoms with Crippen molar-refractivity contribution < 1.29 is 14.6 Å². The van der Waals surface area contributed by atoms with Gasteiger partial charge in [-0.15, -0.1) is 0 Å². The van der Waals surface area contributed by atoms with Gasteiger partial charge in [-0.2, -0.15) is 0 Å². The van der Waals surface area contributed by atoms with E-state index in [1.807, 2.05) is 10.6 Å². The second-order valence-electron chi connectivity index (χ2n) is 7.30. The molecule has 0 aromatic carbocycles. The molecule has 1 spiro atoms. The fourth-order valence-electron chi connectivity index (χ4n) is 3.96. The number of ether oxygens (including phenoxy) is 1. The maximum Gasteiger partial charge on any atom is 0.354 e. The summed E-state index contributed by atoms with van der Waals surface area (Å²) in [7, 11) is 0. The first-order valence-electron chi connectivity index (χ1n) is 7.84. The molecule has 122 valence electrons. The second kappa shape index (κ2) is 4.67. The number of carboxylic acid groups (broad SMARTS) is 1. The van der Waals surface area contributed by atoms with Crippen LogP contribution in [0.3, 0.4) is 0 Å². The summed E-state index contributed by atoms with van der Waals surface area (Å²) in [5.74, 6) is -0.380. The molecular weight excluding hydrogens is 296 g/mol. The van der Waals surface area contributed by atoms with Crippen molar-refractivity contribution in [2.75, 3.05) is 24.6 Å². The molecule has 7 nitrogen and oxygen atoms in total. The fourth-order valence-corrected chi connectivity index (χ4v) is 3.96. The molecule has 0 bridgehead atoms. The van der Waals surface area contributed by atoms with Crippen molar-refractivity contribution in [3.05, 3.63) is 24.2 Å². The number of aromatic carboxylic acids is 1. The van der Waals surface area contributed by atoms with Crippen LogP contribution in [0, 0.1) is 5.41 Å². The highest BCUT2D eigenvalue weighted by atomic mass is 16.5. The number of carboxylic acids is 1. The fraction of sp³-hybridized carbons (Fsp3) is 0.562. The highest BCUT2D eigenvalue weighted by Crippen LogP contribution is 2.46. The standard InChI is InChI=1S/C16H20N4O3/c1-15(2)8-16(10-23-15)3-5-19(9-16)14-18-11(13(21)22)7-12-17-4-6-20(12)14/h4,6-7H,3,5,8-10H2,1-2H3,(H,21,22). The zero-order valence-electron chi connectivity index (χ0n) is 13.3. The highest BCUT2D eigenvalue weighted by Gasteiger charge is 2.48. The first-order valence-corrected chi connectivity index (χ1v) is 7.84. The Bertz CT molecular complexity index is 785. The number of anilines is 1. The van der Waals surface area contributed by atoms with Gasteiger partial charge in [0.15, 0.2) is 5.69 Å². The van der Waals surface area contributed by atoms with Gasteiger partial charge in [0.05, 0.1) is 12.2 Å². The molecule has 2 aromatic rings. The maximum absolute atomic E-state index is 11.3. The Kier molecular flexibility index (Phi) is 2.93. The van der Waals surface area contributed by atoms with Crippen LogP contribution in [0.2, 0.25) is 0 Å². The van der Waals surface area contributed by atoms with E-state index in [4.69, 9.17) is 4.74 Å². The molecule has 2 aliphatic heterocycles. The van der Waals surface area contributed by atoms with Crippen LogP contribution < -0.4 is 4.90 Å². The zero-order chi connectivity index (χ0) is 16.2. The topological polar surface area (TPSA) is 80.0 Å². The normalized spacial score (nSPS) is 26.4. The molecule has 2 aromatic heterocycles. The van der Waals surface area contributed by atoms with E-state index in [9.17, 15) is 9.90 Å². The Morgan fingerprint density at radius 3 is 2.96 bits per heavy atom. The number of hydrogen-bond acceptors (Lipinski definition) is 5. The van der Waals surface area contributed by atoms with Crippen LogP contribution in [0.5, 0.6) is 0 Å². The van der Waals surface area contributed by atoms with Crippen molar-refractivity contribution in [2.24, 2.45) is 5.41 Å². The molecule has 2 saturated heterocycles. The molecular formula is C16H20N4O3. The predicted molar refractivity (Wildman–Crippen MR) is 83.9 cm³/mol. The van der Waals surface area contributed by atoms with Crippen LogP contribution in [0.15, 0.2) is 18.5 Å². The summed E-state index contributed by atoms with van der Waals surface area (Å²) in [5, 5.41) is 9.28. The minimum absolute atomic E-state index is 0.0302. The summed E-state index contributed by atoms with van der Waals surface area (Å²) in [6, 6.07) is 1.50. The van der Waals surface area contributed by atoms with E-state index in [1.54, 1.807) is 6.20 Å². The lowest BCUT2D eigenvalue weighted by molar-refractivity contribution is 0.0320. The van der Waals surface area contributed by atoms with Gasteiger partial charge >= 0.3 is 5.97 Å². The highest BCUT2D eigenvalue weighted by molar-refractivity contribution is 5.87. The molecule has 1 N–H and O–H groups in total. The summed E-state index contributed by atoms with van der Waals surface area (Å²) in [6.45, 7) is 6.69. The van der Waals surface area contributed by atoms with Crippen molar-refractivity contribution in [1.29, 1.82) is 0 Å². The van der Waals surface area contributed by atoms with Gasteiger partial charge in [-0.1, -0.05) is 0 Å². The molecule has 0 radical (unpaired) electrons. The van der Waals surface area contributed by atoms with Crippen LogP contribution in [-0.2, 0) is 4.74 Å². The number of nitrogens with zero attached hydrogens (tertiary/aromatic N) is 4. The molecule has 7 heteroatoms. The molecule has 4 rings (SSSR count). The first-order chi connectivity index (χ1) is 10.9. The lowest BCUT2D eigenvalue weighted by Gasteiger charge is -2.24. The Morgan fingerprint density at radius 2 is 2.26 bits per heavy atom. The number of fused-ring (bicyclic) bond motifs is 1. The monoisotopic (exact) mass is 316 g/mol. The molecule has 0 aliphatic carbocycles. The number of aromatic nitrogens is 3. The quantitative estimate of drug-likeness (QED) is 0.910. The smallest absolute Gasteiger partial charge is 0.354 e. The molecule has 1 atom stereocenters. The number of imidazole rings is 1. The number of carbonyl (C=O) groups is 1. The van der Waals surface area contributed by atoms with E-state index in [1.165, 1.54) is 6.07 Å². The van der Waals surface area contributed by atoms with Crippen LogP contribution in [-0.4, -0.2) is 50.7 Å². The van der Waals surface area contributed by atoms with E-state index < -0.39 is 5.97 Å². The summed E-state index contributed by atoms with van der Waals surface area (Å²) in [5.41, 5.74) is 0.688. The average Bonchev–Trinajstić information content (AvgIpc) is 3.17. The third kappa shape index (κ3) is 2.35. The third-order valence-corrected chi connectivity index (χ3v) is 4.88. The second-order valence-corrected chi connectivity index (χ2v) is 7.30. The summed E-state index contributed by atoms with van der Waals surface area (Å²) in [6.07, 6.45) is 5.54. The molecule has 2 fully saturated rings. The van der Waals surface area contributed by atoms with Crippen LogP contribution in [0.4, 0.5) is 5.95 Å². The molecule has 0 saturated carbocycles. The van der Waals surface area contributed by atoms with E-state index >= 15 is 0 Å². The van der Waals surface area contributed by atoms with Crippen molar-refractivity contribution in [3.63, 3.8) is 0 Å². The summed E-state index contributed by atoms with van der Waals surface area (Å²) in [4.78, 5) is 22.1. The van der Waals surface area contributed by atoms with Crippen LogP contribution in [0.25, 0.3) is 5.65 Å². The number of hydrogen-bond donors (Lipinski definition) is 1. The Morgan fingerprint density at radius 1 is 1.43 bits per heavy atom. The Hall–Kier alpha value is -2.15. The Balaban J connectivity index is 1.70. The van der Waals surface area contributed by atoms with E-state index in [0.717, 1.165) is 32.5 Å². The van der Waals surface area contributed by atoms with Gasteiger partial charge in [0, 0.05) is 37.0 Å². The van der Waals surface area contributed by atoms with Gasteiger partial charge in [-0.25, -0.2) is 14.8 Å². The summed E-state index contributed by atoms with van der Waals surface area (Å²) >= 11 is 0. The van der Waals surface area contributed by atoms with Gasteiger partial charge in [0.2, 0.25) is 5.95 Å². The van der Waals surface area contributed by atoms with Crippen LogP contribution >= 0.6 is 0 Å². The predicted octanol–water partition coefficient (Wildman–Crippen LogP) is 1.82. The van der Waals surface area contributed by atoms with Gasteiger partial charge in [0.1, 0.15) is 5.65 Å². The zero-order valence-corrected chi connectivity index (χ0v) is 13.3. The van der Waals surface area contributed by atoms with E-state index in [2.05, 4.69) is 28.7 Å². The van der Waals surface area contributed by atoms with E-state index in [0.29, 0.717) is 11.6 Å². The van der Waals surface area contributed by atoms with Gasteiger partial charge in [-0.05, 0) is 26.7 Å². The summed E-state index contributed by atoms with van der Waals surface area (Å²) < 4.78 is 7.79. The Labute approximate surface area is 133 Å². The third-order valence-electron chi connectivity index (χ3n) is 4.88. The minimum atomic E-state index is -1.03.